The van der Waals surface area contributed by atoms with Gasteiger partial charge < -0.3 is 9.64 Å². The van der Waals surface area contributed by atoms with Crippen LogP contribution in [-0.2, 0) is 13.1 Å². The van der Waals surface area contributed by atoms with Crippen LogP contribution < -0.4 is 4.74 Å². The van der Waals surface area contributed by atoms with Crippen molar-refractivity contribution >= 4 is 28.6 Å². The number of thiophene rings is 1. The van der Waals surface area contributed by atoms with Crippen molar-refractivity contribution < 1.29 is 9.53 Å². The van der Waals surface area contributed by atoms with Crippen molar-refractivity contribution in [1.29, 1.82) is 0 Å². The number of thiazole rings is 1. The van der Waals surface area contributed by atoms with Gasteiger partial charge in [0.25, 0.3) is 5.91 Å². The van der Waals surface area contributed by atoms with E-state index < -0.39 is 0 Å². The zero-order valence-corrected chi connectivity index (χ0v) is 16.1. The third-order valence-corrected chi connectivity index (χ3v) is 5.79. The highest BCUT2D eigenvalue weighted by Crippen LogP contribution is 2.25. The van der Waals surface area contributed by atoms with Crippen molar-refractivity contribution in [3.8, 4) is 5.75 Å². The monoisotopic (exact) mass is 372 g/mol. The Bertz CT molecular complexity index is 856. The van der Waals surface area contributed by atoms with E-state index in [-0.39, 0.29) is 5.91 Å². The van der Waals surface area contributed by atoms with Crippen molar-refractivity contribution in [2.75, 3.05) is 7.11 Å². The molecule has 0 aliphatic heterocycles. The molecule has 25 heavy (non-hydrogen) atoms. The molecule has 0 atom stereocenters. The van der Waals surface area contributed by atoms with Crippen molar-refractivity contribution in [1.82, 2.24) is 9.88 Å². The summed E-state index contributed by atoms with van der Waals surface area (Å²) in [5, 5.41) is 2.94. The molecule has 0 bridgehead atoms. The fourth-order valence-electron chi connectivity index (χ4n) is 2.70. The molecule has 2 aromatic heterocycles. The van der Waals surface area contributed by atoms with Crippen LogP contribution in [0, 0.1) is 13.8 Å². The summed E-state index contributed by atoms with van der Waals surface area (Å²) >= 11 is 3.11. The Labute approximate surface area is 155 Å². The molecule has 1 amide bonds. The Morgan fingerprint density at radius 3 is 2.60 bits per heavy atom. The van der Waals surface area contributed by atoms with Gasteiger partial charge in [-0.2, -0.15) is 0 Å². The third-order valence-electron chi connectivity index (χ3n) is 3.87. The highest BCUT2D eigenvalue weighted by Gasteiger charge is 2.22. The molecular formula is C19H20N2O2S2. The number of amides is 1. The van der Waals surface area contributed by atoms with Gasteiger partial charge in [0, 0.05) is 10.4 Å². The lowest BCUT2D eigenvalue weighted by Crippen LogP contribution is -2.30. The summed E-state index contributed by atoms with van der Waals surface area (Å²) in [6.07, 6.45) is 0. The first-order chi connectivity index (χ1) is 12.1. The standard InChI is InChI=1S/C19H20N2O2S2/c1-13-18(25-14(2)20-13)19(22)21(12-16-8-6-10-24-16)11-15-7-4-5-9-17(15)23-3/h4-10H,11-12H2,1-3H3. The quantitative estimate of drug-likeness (QED) is 0.631. The summed E-state index contributed by atoms with van der Waals surface area (Å²) in [4.78, 5) is 21.3. The maximum atomic E-state index is 13.2. The highest BCUT2D eigenvalue weighted by atomic mass is 32.1. The van der Waals surface area contributed by atoms with Gasteiger partial charge >= 0.3 is 0 Å². The molecule has 0 saturated heterocycles. The number of carbonyl (C=O) groups is 1. The van der Waals surface area contributed by atoms with E-state index in [1.807, 2.05) is 54.5 Å². The second-order valence-electron chi connectivity index (χ2n) is 5.70. The summed E-state index contributed by atoms with van der Waals surface area (Å²) in [6.45, 7) is 4.89. The van der Waals surface area contributed by atoms with Crippen LogP contribution >= 0.6 is 22.7 Å². The fourth-order valence-corrected chi connectivity index (χ4v) is 4.31. The van der Waals surface area contributed by atoms with Gasteiger partial charge in [0.2, 0.25) is 0 Å². The second kappa shape index (κ2) is 7.80. The van der Waals surface area contributed by atoms with Crippen molar-refractivity contribution in [2.24, 2.45) is 0 Å². The van der Waals surface area contributed by atoms with Crippen molar-refractivity contribution in [3.63, 3.8) is 0 Å². The maximum Gasteiger partial charge on any atom is 0.266 e. The lowest BCUT2D eigenvalue weighted by molar-refractivity contribution is 0.0734. The van der Waals surface area contributed by atoms with Crippen LogP contribution in [0.25, 0.3) is 0 Å². The Kier molecular flexibility index (Phi) is 5.50. The average Bonchev–Trinajstić information content (AvgIpc) is 3.23. The van der Waals surface area contributed by atoms with Crippen LogP contribution in [0.4, 0.5) is 0 Å². The summed E-state index contributed by atoms with van der Waals surface area (Å²) < 4.78 is 5.45. The van der Waals surface area contributed by atoms with Gasteiger partial charge in [-0.25, -0.2) is 4.98 Å². The number of aryl methyl sites for hydroxylation is 2. The number of rotatable bonds is 6. The minimum atomic E-state index is 0.0161. The van der Waals surface area contributed by atoms with Gasteiger partial charge in [0.1, 0.15) is 10.6 Å². The molecule has 4 nitrogen and oxygen atoms in total. The van der Waals surface area contributed by atoms with Crippen molar-refractivity contribution in [3.05, 3.63) is 67.8 Å². The molecule has 0 N–H and O–H groups in total. The van der Waals surface area contributed by atoms with E-state index in [2.05, 4.69) is 11.1 Å². The molecule has 3 rings (SSSR count). The number of methoxy groups -OCH3 is 1. The number of benzene rings is 1. The van der Waals surface area contributed by atoms with Gasteiger partial charge in [-0.15, -0.1) is 22.7 Å². The second-order valence-corrected chi connectivity index (χ2v) is 7.94. The molecule has 2 heterocycles. The van der Waals surface area contributed by atoms with Crippen LogP contribution in [-0.4, -0.2) is 22.9 Å². The molecule has 0 radical (unpaired) electrons. The zero-order valence-electron chi connectivity index (χ0n) is 14.5. The molecule has 0 aliphatic rings. The van der Waals surface area contributed by atoms with Crippen LogP contribution in [0.1, 0.15) is 30.8 Å². The maximum absolute atomic E-state index is 13.2. The average molecular weight is 373 g/mol. The number of aromatic nitrogens is 1. The summed E-state index contributed by atoms with van der Waals surface area (Å²) in [5.41, 5.74) is 1.79. The van der Waals surface area contributed by atoms with Gasteiger partial charge in [-0.05, 0) is 31.4 Å². The first-order valence-electron chi connectivity index (χ1n) is 7.96. The Hall–Kier alpha value is -2.18. The van der Waals surface area contributed by atoms with E-state index in [4.69, 9.17) is 4.74 Å². The van der Waals surface area contributed by atoms with E-state index in [1.54, 1.807) is 18.4 Å². The molecule has 0 saturated carbocycles. The smallest absolute Gasteiger partial charge is 0.266 e. The number of carbonyl (C=O) groups excluding carboxylic acids is 1. The third kappa shape index (κ3) is 4.08. The number of para-hydroxylation sites is 1. The minimum Gasteiger partial charge on any atom is -0.496 e. The predicted molar refractivity (Wildman–Crippen MR) is 102 cm³/mol. The van der Waals surface area contributed by atoms with Crippen LogP contribution in [0.2, 0.25) is 0 Å². The molecule has 0 fully saturated rings. The van der Waals surface area contributed by atoms with Crippen LogP contribution in [0.3, 0.4) is 0 Å². The Morgan fingerprint density at radius 2 is 1.96 bits per heavy atom. The molecule has 0 unspecified atom stereocenters. The van der Waals surface area contributed by atoms with Crippen LogP contribution in [0.5, 0.6) is 5.75 Å². The highest BCUT2D eigenvalue weighted by molar-refractivity contribution is 7.13. The van der Waals surface area contributed by atoms with E-state index in [0.717, 1.165) is 26.9 Å². The van der Waals surface area contributed by atoms with Gasteiger partial charge in [-0.3, -0.25) is 4.79 Å². The largest absolute Gasteiger partial charge is 0.496 e. The van der Waals surface area contributed by atoms with Gasteiger partial charge in [-0.1, -0.05) is 24.3 Å². The molecule has 1 aromatic carbocycles. The summed E-state index contributed by atoms with van der Waals surface area (Å²) in [6, 6.07) is 11.9. The fraction of sp³-hybridized carbons (Fsp3) is 0.263. The molecule has 0 aliphatic carbocycles. The van der Waals surface area contributed by atoms with E-state index in [1.165, 1.54) is 11.3 Å². The first-order valence-corrected chi connectivity index (χ1v) is 9.65. The molecule has 3 aromatic rings. The lowest BCUT2D eigenvalue weighted by Gasteiger charge is -2.23. The number of ether oxygens (including phenoxy) is 1. The summed E-state index contributed by atoms with van der Waals surface area (Å²) in [7, 11) is 1.65. The van der Waals surface area contributed by atoms with Gasteiger partial charge in [0.15, 0.2) is 0 Å². The lowest BCUT2D eigenvalue weighted by atomic mass is 10.1. The van der Waals surface area contributed by atoms with E-state index >= 15 is 0 Å². The van der Waals surface area contributed by atoms with Gasteiger partial charge in [0.05, 0.1) is 30.9 Å². The first kappa shape index (κ1) is 17.6. The van der Waals surface area contributed by atoms with E-state index in [9.17, 15) is 4.79 Å². The minimum absolute atomic E-state index is 0.0161. The topological polar surface area (TPSA) is 42.4 Å². The number of hydrogen-bond acceptors (Lipinski definition) is 5. The molecule has 0 spiro atoms. The van der Waals surface area contributed by atoms with E-state index in [0.29, 0.717) is 18.0 Å². The molecule has 6 heteroatoms. The Balaban J connectivity index is 1.92. The molecule has 130 valence electrons. The van der Waals surface area contributed by atoms with Crippen molar-refractivity contribution in [2.45, 2.75) is 26.9 Å². The number of hydrogen-bond donors (Lipinski definition) is 0. The SMILES string of the molecule is COc1ccccc1CN(Cc1cccs1)C(=O)c1sc(C)nc1C. The zero-order chi connectivity index (χ0) is 17.8. The summed E-state index contributed by atoms with van der Waals surface area (Å²) in [5.74, 6) is 0.811. The normalized spacial score (nSPS) is 10.7. The number of nitrogens with zero attached hydrogens (tertiary/aromatic N) is 2. The molecular weight excluding hydrogens is 352 g/mol. The van der Waals surface area contributed by atoms with Crippen LogP contribution in [0.15, 0.2) is 41.8 Å². The Morgan fingerprint density at radius 1 is 1.16 bits per heavy atom. The predicted octanol–water partition coefficient (Wildman–Crippen LogP) is 4.67.